The highest BCUT2D eigenvalue weighted by Crippen LogP contribution is 2.19. The molecule has 3 N–H and O–H groups in total. The number of carbonyl (C=O) groups excluding carboxylic acids is 1. The predicted molar refractivity (Wildman–Crippen MR) is 66.1 cm³/mol. The normalized spacial score (nSPS) is 13.7. The van der Waals surface area contributed by atoms with E-state index >= 15 is 0 Å². The Balaban J connectivity index is 2.78. The molecular weight excluding hydrogens is 234 g/mol. The summed E-state index contributed by atoms with van der Waals surface area (Å²) in [5.41, 5.74) is 0.833. The fourth-order valence-electron chi connectivity index (χ4n) is 1.72. The molecule has 0 bridgehead atoms. The van der Waals surface area contributed by atoms with Gasteiger partial charge in [-0.25, -0.2) is 4.79 Å². The number of benzene rings is 1. The molecule has 0 fully saturated rings. The van der Waals surface area contributed by atoms with Crippen LogP contribution in [0.2, 0.25) is 0 Å². The Morgan fingerprint density at radius 3 is 2.33 bits per heavy atom. The summed E-state index contributed by atoms with van der Waals surface area (Å²) in [5.74, 6) is -2.03. The van der Waals surface area contributed by atoms with E-state index in [1.54, 1.807) is 0 Å². The van der Waals surface area contributed by atoms with E-state index in [2.05, 4.69) is 5.32 Å². The van der Waals surface area contributed by atoms with Crippen molar-refractivity contribution in [3.05, 3.63) is 35.9 Å². The fraction of sp³-hybridized carbons (Fsp3) is 0.385. The van der Waals surface area contributed by atoms with Crippen LogP contribution in [0.25, 0.3) is 0 Å². The van der Waals surface area contributed by atoms with Gasteiger partial charge >= 0.3 is 5.97 Å². The minimum absolute atomic E-state index is 0.384. The third-order valence-electron chi connectivity index (χ3n) is 2.72. The number of rotatable bonds is 6. The number of nitrogens with one attached hydrogen (secondary N) is 1. The number of carbonyl (C=O) groups is 2. The summed E-state index contributed by atoms with van der Waals surface area (Å²) in [4.78, 5) is 22.7. The van der Waals surface area contributed by atoms with E-state index in [1.807, 2.05) is 37.3 Å². The molecule has 0 saturated carbocycles. The third-order valence-corrected chi connectivity index (χ3v) is 2.72. The largest absolute Gasteiger partial charge is 0.480 e. The van der Waals surface area contributed by atoms with Crippen molar-refractivity contribution in [2.75, 3.05) is 6.61 Å². The number of carboxylic acid groups (broad SMARTS) is 1. The van der Waals surface area contributed by atoms with E-state index in [0.29, 0.717) is 6.42 Å². The van der Waals surface area contributed by atoms with Crippen molar-refractivity contribution in [1.82, 2.24) is 5.32 Å². The highest BCUT2D eigenvalue weighted by atomic mass is 16.4. The maximum absolute atomic E-state index is 12.0. The minimum atomic E-state index is -1.25. The molecule has 1 amide bonds. The molecule has 1 rings (SSSR count). The van der Waals surface area contributed by atoms with Gasteiger partial charge in [0.15, 0.2) is 0 Å². The second-order valence-corrected chi connectivity index (χ2v) is 3.95. The summed E-state index contributed by atoms with van der Waals surface area (Å²) in [6.45, 7) is 1.23. The van der Waals surface area contributed by atoms with Crippen LogP contribution in [0.1, 0.15) is 24.8 Å². The van der Waals surface area contributed by atoms with Crippen LogP contribution in [-0.4, -0.2) is 34.7 Å². The molecule has 0 spiro atoms. The van der Waals surface area contributed by atoms with E-state index < -0.39 is 24.5 Å². The first-order valence-electron chi connectivity index (χ1n) is 5.79. The highest BCUT2D eigenvalue weighted by Gasteiger charge is 2.24. The summed E-state index contributed by atoms with van der Waals surface area (Å²) in [5, 5.41) is 20.0. The van der Waals surface area contributed by atoms with Crippen LogP contribution in [0, 0.1) is 0 Å². The van der Waals surface area contributed by atoms with Crippen LogP contribution in [0.15, 0.2) is 30.3 Å². The number of aliphatic hydroxyl groups excluding tert-OH is 1. The monoisotopic (exact) mass is 251 g/mol. The Hall–Kier alpha value is -1.88. The van der Waals surface area contributed by atoms with Gasteiger partial charge in [0.2, 0.25) is 5.91 Å². The van der Waals surface area contributed by atoms with Crippen LogP contribution in [0.4, 0.5) is 0 Å². The van der Waals surface area contributed by atoms with Crippen molar-refractivity contribution in [3.8, 4) is 0 Å². The third kappa shape index (κ3) is 3.56. The average Bonchev–Trinajstić information content (AvgIpc) is 2.37. The molecule has 5 nitrogen and oxygen atoms in total. The van der Waals surface area contributed by atoms with Crippen molar-refractivity contribution < 1.29 is 19.8 Å². The van der Waals surface area contributed by atoms with Crippen LogP contribution in [-0.2, 0) is 9.59 Å². The fourth-order valence-corrected chi connectivity index (χ4v) is 1.72. The first kappa shape index (κ1) is 14.2. The molecule has 0 aliphatic heterocycles. The lowest BCUT2D eigenvalue weighted by Gasteiger charge is -2.18. The molecule has 0 radical (unpaired) electrons. The quantitative estimate of drug-likeness (QED) is 0.696. The summed E-state index contributed by atoms with van der Waals surface area (Å²) in [6.07, 6.45) is 0.563. The summed E-state index contributed by atoms with van der Waals surface area (Å²) in [7, 11) is 0. The predicted octanol–water partition coefficient (Wildman–Crippen LogP) is 0.742. The SMILES string of the molecule is CCC(C(=O)N[C@H](CO)C(=O)O)c1ccccc1. The summed E-state index contributed by atoms with van der Waals surface area (Å²) >= 11 is 0. The molecule has 1 aromatic rings. The Kier molecular flexibility index (Phi) is 5.32. The van der Waals surface area contributed by atoms with Gasteiger partial charge in [-0.1, -0.05) is 37.3 Å². The van der Waals surface area contributed by atoms with E-state index in [4.69, 9.17) is 10.2 Å². The number of aliphatic hydroxyl groups is 1. The number of hydrogen-bond donors (Lipinski definition) is 3. The Morgan fingerprint density at radius 2 is 1.89 bits per heavy atom. The van der Waals surface area contributed by atoms with E-state index in [1.165, 1.54) is 0 Å². The topological polar surface area (TPSA) is 86.6 Å². The molecule has 0 aliphatic carbocycles. The molecule has 18 heavy (non-hydrogen) atoms. The zero-order chi connectivity index (χ0) is 13.5. The Morgan fingerprint density at radius 1 is 1.28 bits per heavy atom. The van der Waals surface area contributed by atoms with Gasteiger partial charge in [0.1, 0.15) is 6.04 Å². The van der Waals surface area contributed by atoms with Gasteiger partial charge in [0.25, 0.3) is 0 Å². The van der Waals surface area contributed by atoms with Gasteiger partial charge in [-0.05, 0) is 12.0 Å². The van der Waals surface area contributed by atoms with E-state index in [0.717, 1.165) is 5.56 Å². The van der Waals surface area contributed by atoms with Crippen molar-refractivity contribution in [1.29, 1.82) is 0 Å². The van der Waals surface area contributed by atoms with Crippen LogP contribution < -0.4 is 5.32 Å². The lowest BCUT2D eigenvalue weighted by Crippen LogP contribution is -2.45. The van der Waals surface area contributed by atoms with Gasteiger partial charge < -0.3 is 15.5 Å². The Labute approximate surface area is 105 Å². The number of aliphatic carboxylic acids is 1. The zero-order valence-corrected chi connectivity index (χ0v) is 10.2. The van der Waals surface area contributed by atoms with Crippen LogP contribution in [0.3, 0.4) is 0 Å². The lowest BCUT2D eigenvalue weighted by molar-refractivity contribution is -0.143. The van der Waals surface area contributed by atoms with Crippen molar-refractivity contribution in [2.24, 2.45) is 0 Å². The molecule has 1 aromatic carbocycles. The lowest BCUT2D eigenvalue weighted by atomic mass is 9.95. The first-order chi connectivity index (χ1) is 8.60. The van der Waals surface area contributed by atoms with Crippen LogP contribution >= 0.6 is 0 Å². The molecule has 0 heterocycles. The average molecular weight is 251 g/mol. The van der Waals surface area contributed by atoms with E-state index in [9.17, 15) is 9.59 Å². The second kappa shape index (κ2) is 6.76. The molecular formula is C13H17NO4. The van der Waals surface area contributed by atoms with Crippen LogP contribution in [0.5, 0.6) is 0 Å². The van der Waals surface area contributed by atoms with Gasteiger partial charge in [-0.3, -0.25) is 4.79 Å². The molecule has 0 saturated heterocycles. The van der Waals surface area contributed by atoms with E-state index in [-0.39, 0.29) is 5.91 Å². The van der Waals surface area contributed by atoms with Gasteiger partial charge in [-0.15, -0.1) is 0 Å². The molecule has 1 unspecified atom stereocenters. The molecule has 0 aliphatic rings. The summed E-state index contributed by atoms with van der Waals surface area (Å²) in [6, 6.07) is 7.89. The standard InChI is InChI=1S/C13H17NO4/c1-2-10(9-6-4-3-5-7-9)12(16)14-11(8-15)13(17)18/h3-7,10-11,15H,2,8H2,1H3,(H,14,16)(H,17,18)/t10?,11-/m1/s1. The zero-order valence-electron chi connectivity index (χ0n) is 10.2. The van der Waals surface area contributed by atoms with Crippen molar-refractivity contribution in [2.45, 2.75) is 25.3 Å². The second-order valence-electron chi connectivity index (χ2n) is 3.95. The highest BCUT2D eigenvalue weighted by molar-refractivity contribution is 5.88. The maximum atomic E-state index is 12.0. The first-order valence-corrected chi connectivity index (χ1v) is 5.79. The van der Waals surface area contributed by atoms with Crippen molar-refractivity contribution in [3.63, 3.8) is 0 Å². The van der Waals surface area contributed by atoms with Gasteiger partial charge in [-0.2, -0.15) is 0 Å². The summed E-state index contributed by atoms with van der Waals surface area (Å²) < 4.78 is 0. The number of carboxylic acids is 1. The maximum Gasteiger partial charge on any atom is 0.328 e. The van der Waals surface area contributed by atoms with Gasteiger partial charge in [0, 0.05) is 0 Å². The number of amides is 1. The molecule has 2 atom stereocenters. The molecule has 5 heteroatoms. The molecule has 0 aromatic heterocycles. The molecule has 98 valence electrons. The van der Waals surface area contributed by atoms with Crippen molar-refractivity contribution >= 4 is 11.9 Å². The number of hydrogen-bond acceptors (Lipinski definition) is 3. The minimum Gasteiger partial charge on any atom is -0.480 e. The van der Waals surface area contributed by atoms with Gasteiger partial charge in [0.05, 0.1) is 12.5 Å². The smallest absolute Gasteiger partial charge is 0.328 e. The Bertz CT molecular complexity index is 405.